The molecule has 27 heavy (non-hydrogen) atoms. The van der Waals surface area contributed by atoms with E-state index in [1.807, 2.05) is 29.2 Å². The molecule has 0 saturated heterocycles. The molecule has 5 heteroatoms. The molecular formula is C22H31N3O2. The number of hydrogen-bond acceptors (Lipinski definition) is 3. The van der Waals surface area contributed by atoms with Crippen molar-refractivity contribution in [2.24, 2.45) is 11.7 Å². The molecule has 2 aliphatic rings. The van der Waals surface area contributed by atoms with Crippen LogP contribution < -0.4 is 16.0 Å². The zero-order valence-electron chi connectivity index (χ0n) is 16.2. The first-order chi connectivity index (χ1) is 13.0. The lowest BCUT2D eigenvalue weighted by molar-refractivity contribution is -0.122. The van der Waals surface area contributed by atoms with Gasteiger partial charge in [0.25, 0.3) is 5.91 Å². The van der Waals surface area contributed by atoms with Crippen LogP contribution in [0.3, 0.4) is 0 Å². The molecule has 0 aromatic heterocycles. The number of nitrogens with two attached hydrogens (primary N) is 1. The minimum atomic E-state index is -0.548. The van der Waals surface area contributed by atoms with Crippen molar-refractivity contribution in [3.05, 3.63) is 42.0 Å². The lowest BCUT2D eigenvalue weighted by Crippen LogP contribution is -2.44. The van der Waals surface area contributed by atoms with E-state index in [1.54, 1.807) is 13.0 Å². The van der Waals surface area contributed by atoms with Gasteiger partial charge in [0.1, 0.15) is 0 Å². The topological polar surface area (TPSA) is 75.4 Å². The lowest BCUT2D eigenvalue weighted by atomic mass is 9.84. The van der Waals surface area contributed by atoms with Gasteiger partial charge in [-0.05, 0) is 37.3 Å². The number of rotatable bonds is 6. The second-order valence-corrected chi connectivity index (χ2v) is 7.87. The number of carbonyl (C=O) groups excluding carboxylic acids is 2. The van der Waals surface area contributed by atoms with Gasteiger partial charge < -0.3 is 16.0 Å². The molecule has 1 saturated carbocycles. The molecule has 1 aliphatic carbocycles. The van der Waals surface area contributed by atoms with E-state index >= 15 is 0 Å². The number of fused-ring (bicyclic) bond motifs is 1. The van der Waals surface area contributed by atoms with E-state index in [2.05, 4.69) is 11.4 Å². The lowest BCUT2D eigenvalue weighted by Gasteiger charge is -2.26. The van der Waals surface area contributed by atoms with Gasteiger partial charge in [0, 0.05) is 24.4 Å². The maximum atomic E-state index is 12.7. The van der Waals surface area contributed by atoms with Crippen LogP contribution in [0.4, 0.5) is 5.69 Å². The van der Waals surface area contributed by atoms with Gasteiger partial charge in [-0.3, -0.25) is 9.59 Å². The van der Waals surface area contributed by atoms with Crippen molar-refractivity contribution in [3.8, 4) is 0 Å². The Bertz CT molecular complexity index is 693. The Balaban J connectivity index is 1.66. The standard InChI is InChI=1S/C22H31N3O2/c1-16(23)22(27)24-19(15-17-7-3-2-4-8-17)11-12-21(26)25-14-13-18-9-5-6-10-20(18)25/h5-6,9-12,16-17,19H,2-4,7-8,13-15,23H2,1H3,(H,24,27)/b12-11+/t16-,19+/m0/s1. The molecular weight excluding hydrogens is 338 g/mol. The van der Waals surface area contributed by atoms with Crippen LogP contribution in [0, 0.1) is 5.92 Å². The van der Waals surface area contributed by atoms with Crippen molar-refractivity contribution >= 4 is 17.5 Å². The summed E-state index contributed by atoms with van der Waals surface area (Å²) in [6.45, 7) is 2.39. The highest BCUT2D eigenvalue weighted by Crippen LogP contribution is 2.29. The Labute approximate surface area is 162 Å². The van der Waals surface area contributed by atoms with Crippen LogP contribution in [0.2, 0.25) is 0 Å². The molecule has 2 amide bonds. The smallest absolute Gasteiger partial charge is 0.250 e. The summed E-state index contributed by atoms with van der Waals surface area (Å²) in [5, 5.41) is 3.01. The molecule has 0 bridgehead atoms. The summed E-state index contributed by atoms with van der Waals surface area (Å²) in [5.74, 6) is 0.410. The van der Waals surface area contributed by atoms with Crippen molar-refractivity contribution in [1.82, 2.24) is 5.32 Å². The first-order valence-corrected chi connectivity index (χ1v) is 10.2. The molecule has 5 nitrogen and oxygen atoms in total. The van der Waals surface area contributed by atoms with Crippen molar-refractivity contribution in [2.75, 3.05) is 11.4 Å². The number of carbonyl (C=O) groups is 2. The number of nitrogens with one attached hydrogen (secondary N) is 1. The summed E-state index contributed by atoms with van der Waals surface area (Å²) < 4.78 is 0. The normalized spacial score (nSPS) is 19.7. The van der Waals surface area contributed by atoms with E-state index in [9.17, 15) is 9.59 Å². The highest BCUT2D eigenvalue weighted by Gasteiger charge is 2.24. The average Bonchev–Trinajstić information content (AvgIpc) is 3.10. The largest absolute Gasteiger partial charge is 0.349 e. The maximum absolute atomic E-state index is 12.7. The third kappa shape index (κ3) is 5.19. The zero-order valence-corrected chi connectivity index (χ0v) is 16.2. The van der Waals surface area contributed by atoms with Crippen molar-refractivity contribution in [3.63, 3.8) is 0 Å². The van der Waals surface area contributed by atoms with Gasteiger partial charge in [0.15, 0.2) is 0 Å². The van der Waals surface area contributed by atoms with E-state index in [0.29, 0.717) is 12.5 Å². The summed E-state index contributed by atoms with van der Waals surface area (Å²) in [7, 11) is 0. The average molecular weight is 370 g/mol. The van der Waals surface area contributed by atoms with Crippen LogP contribution >= 0.6 is 0 Å². The molecule has 0 spiro atoms. The Kier molecular flexibility index (Phi) is 6.67. The van der Waals surface area contributed by atoms with Gasteiger partial charge in [0.2, 0.25) is 5.91 Å². The fourth-order valence-corrected chi connectivity index (χ4v) is 4.14. The van der Waals surface area contributed by atoms with E-state index < -0.39 is 6.04 Å². The maximum Gasteiger partial charge on any atom is 0.250 e. The Hall–Kier alpha value is -2.14. The second kappa shape index (κ2) is 9.18. The Morgan fingerprint density at radius 2 is 2.00 bits per heavy atom. The molecule has 3 rings (SSSR count). The zero-order chi connectivity index (χ0) is 19.2. The van der Waals surface area contributed by atoms with Gasteiger partial charge >= 0.3 is 0 Å². The van der Waals surface area contributed by atoms with E-state index in [-0.39, 0.29) is 17.9 Å². The number of para-hydroxylation sites is 1. The summed E-state index contributed by atoms with van der Waals surface area (Å²) in [6, 6.07) is 7.34. The van der Waals surface area contributed by atoms with Crippen LogP contribution in [-0.4, -0.2) is 30.4 Å². The van der Waals surface area contributed by atoms with Crippen LogP contribution in [0.5, 0.6) is 0 Å². The molecule has 0 radical (unpaired) electrons. The molecule has 2 atom stereocenters. The molecule has 1 heterocycles. The number of nitrogens with zero attached hydrogens (tertiary/aromatic N) is 1. The molecule has 0 unspecified atom stereocenters. The highest BCUT2D eigenvalue weighted by atomic mass is 16.2. The van der Waals surface area contributed by atoms with Crippen LogP contribution in [0.25, 0.3) is 0 Å². The molecule has 1 aliphatic heterocycles. The Morgan fingerprint density at radius 1 is 1.26 bits per heavy atom. The summed E-state index contributed by atoms with van der Waals surface area (Å²) in [5.41, 5.74) is 7.92. The second-order valence-electron chi connectivity index (χ2n) is 7.87. The first-order valence-electron chi connectivity index (χ1n) is 10.2. The van der Waals surface area contributed by atoms with Gasteiger partial charge in [-0.15, -0.1) is 0 Å². The van der Waals surface area contributed by atoms with E-state index in [4.69, 9.17) is 5.73 Å². The van der Waals surface area contributed by atoms with Crippen LogP contribution in [0.1, 0.15) is 51.0 Å². The Morgan fingerprint density at radius 3 is 2.74 bits per heavy atom. The minimum absolute atomic E-state index is 0.0244. The fourth-order valence-electron chi connectivity index (χ4n) is 4.14. The van der Waals surface area contributed by atoms with Gasteiger partial charge in [0.05, 0.1) is 6.04 Å². The van der Waals surface area contributed by atoms with Crippen LogP contribution in [0.15, 0.2) is 36.4 Å². The van der Waals surface area contributed by atoms with Gasteiger partial charge in [-0.1, -0.05) is 56.4 Å². The monoisotopic (exact) mass is 369 g/mol. The van der Waals surface area contributed by atoms with Crippen LogP contribution in [-0.2, 0) is 16.0 Å². The predicted molar refractivity (Wildman–Crippen MR) is 108 cm³/mol. The third-order valence-corrected chi connectivity index (χ3v) is 5.68. The van der Waals surface area contributed by atoms with Crippen molar-refractivity contribution < 1.29 is 9.59 Å². The summed E-state index contributed by atoms with van der Waals surface area (Å²) >= 11 is 0. The molecule has 146 valence electrons. The molecule has 1 fully saturated rings. The molecule has 1 aromatic carbocycles. The third-order valence-electron chi connectivity index (χ3n) is 5.68. The predicted octanol–water partition coefficient (Wildman–Crippen LogP) is 2.93. The molecule has 1 aromatic rings. The summed E-state index contributed by atoms with van der Waals surface area (Å²) in [4.78, 5) is 26.6. The summed E-state index contributed by atoms with van der Waals surface area (Å²) in [6.07, 6.45) is 11.5. The van der Waals surface area contributed by atoms with Crippen molar-refractivity contribution in [2.45, 2.75) is 64.0 Å². The van der Waals surface area contributed by atoms with E-state index in [0.717, 1.165) is 18.5 Å². The van der Waals surface area contributed by atoms with Gasteiger partial charge in [-0.2, -0.15) is 0 Å². The van der Waals surface area contributed by atoms with E-state index in [1.165, 1.54) is 37.7 Å². The van der Waals surface area contributed by atoms with Gasteiger partial charge in [-0.25, -0.2) is 0 Å². The minimum Gasteiger partial charge on any atom is -0.349 e. The highest BCUT2D eigenvalue weighted by molar-refractivity contribution is 6.03. The molecule has 3 N–H and O–H groups in total. The number of amides is 2. The van der Waals surface area contributed by atoms with Crippen molar-refractivity contribution in [1.29, 1.82) is 0 Å². The fraction of sp³-hybridized carbons (Fsp3) is 0.545. The quantitative estimate of drug-likeness (QED) is 0.757. The first kappa shape index (κ1) is 19.6. The number of anilines is 1. The number of hydrogen-bond donors (Lipinski definition) is 2. The SMILES string of the molecule is C[C@H](N)C(=O)N[C@H](/C=C/C(=O)N1CCc2ccccc21)CC1CCCCC1. The number of benzene rings is 1.